The summed E-state index contributed by atoms with van der Waals surface area (Å²) in [6.45, 7) is 3.01. The van der Waals surface area contributed by atoms with E-state index >= 15 is 0 Å². The van der Waals surface area contributed by atoms with Gasteiger partial charge in [-0.25, -0.2) is 4.79 Å². The van der Waals surface area contributed by atoms with Crippen LogP contribution in [0.1, 0.15) is 62.8 Å². The molecule has 1 saturated heterocycles. The van der Waals surface area contributed by atoms with Crippen molar-refractivity contribution in [3.63, 3.8) is 0 Å². The van der Waals surface area contributed by atoms with E-state index in [0.29, 0.717) is 29.8 Å². The minimum absolute atomic E-state index is 0.0513. The Bertz CT molecular complexity index is 1010. The third-order valence-electron chi connectivity index (χ3n) is 5.68. The summed E-state index contributed by atoms with van der Waals surface area (Å²) >= 11 is 0. The van der Waals surface area contributed by atoms with Gasteiger partial charge in [0, 0.05) is 13.1 Å². The molecule has 1 fully saturated rings. The van der Waals surface area contributed by atoms with Gasteiger partial charge >= 0.3 is 5.97 Å². The molecule has 0 saturated carbocycles. The van der Waals surface area contributed by atoms with E-state index < -0.39 is 12.1 Å². The number of carbonyl (C=O) groups is 4. The second-order valence-corrected chi connectivity index (χ2v) is 7.88. The van der Waals surface area contributed by atoms with Crippen LogP contribution in [0.25, 0.3) is 0 Å². The first-order valence-corrected chi connectivity index (χ1v) is 10.5. The van der Waals surface area contributed by atoms with Gasteiger partial charge in [-0.1, -0.05) is 24.3 Å². The van der Waals surface area contributed by atoms with Crippen LogP contribution in [0.2, 0.25) is 0 Å². The lowest BCUT2D eigenvalue weighted by Crippen LogP contribution is -2.42. The normalized spacial score (nSPS) is 16.8. The van der Waals surface area contributed by atoms with Crippen molar-refractivity contribution < 1.29 is 23.9 Å². The summed E-state index contributed by atoms with van der Waals surface area (Å²) in [5.41, 5.74) is 1.66. The van der Waals surface area contributed by atoms with Crippen LogP contribution in [-0.4, -0.2) is 52.7 Å². The predicted molar refractivity (Wildman–Crippen MR) is 112 cm³/mol. The molecule has 3 amide bonds. The van der Waals surface area contributed by atoms with Crippen molar-refractivity contribution >= 4 is 23.7 Å². The highest BCUT2D eigenvalue weighted by atomic mass is 16.5. The van der Waals surface area contributed by atoms with E-state index in [4.69, 9.17) is 4.74 Å². The number of rotatable bonds is 5. The molecule has 2 aliphatic heterocycles. The van der Waals surface area contributed by atoms with Gasteiger partial charge in [-0.3, -0.25) is 19.3 Å². The summed E-state index contributed by atoms with van der Waals surface area (Å²) in [4.78, 5) is 53.2. The molecule has 7 heteroatoms. The number of hydrogen-bond donors (Lipinski definition) is 0. The van der Waals surface area contributed by atoms with E-state index in [1.165, 1.54) is 0 Å². The minimum Gasteiger partial charge on any atom is -0.449 e. The molecule has 0 N–H and O–H groups in total. The summed E-state index contributed by atoms with van der Waals surface area (Å²) in [7, 11) is 0. The SMILES string of the molecule is C[C@@H](OC(=O)c1cccc(CN2C(=O)c3ccccc3C2=O)c1)C(=O)N1CCCCC1. The number of piperidine rings is 1. The molecular formula is C24H24N2O5. The second kappa shape index (κ2) is 8.71. The highest BCUT2D eigenvalue weighted by Gasteiger charge is 2.35. The fourth-order valence-corrected chi connectivity index (χ4v) is 4.01. The third kappa shape index (κ3) is 4.21. The van der Waals surface area contributed by atoms with Gasteiger partial charge in [-0.2, -0.15) is 0 Å². The van der Waals surface area contributed by atoms with Crippen molar-refractivity contribution in [3.8, 4) is 0 Å². The molecule has 4 rings (SSSR count). The molecule has 2 heterocycles. The third-order valence-corrected chi connectivity index (χ3v) is 5.68. The molecule has 31 heavy (non-hydrogen) atoms. The van der Waals surface area contributed by atoms with Crippen LogP contribution in [0.5, 0.6) is 0 Å². The number of ether oxygens (including phenoxy) is 1. The fraction of sp³-hybridized carbons (Fsp3) is 0.333. The van der Waals surface area contributed by atoms with Crippen LogP contribution in [0.3, 0.4) is 0 Å². The molecular weight excluding hydrogens is 396 g/mol. The summed E-state index contributed by atoms with van der Waals surface area (Å²) in [6.07, 6.45) is 2.17. The van der Waals surface area contributed by atoms with Gasteiger partial charge in [0.15, 0.2) is 6.10 Å². The van der Waals surface area contributed by atoms with Gasteiger partial charge < -0.3 is 9.64 Å². The van der Waals surface area contributed by atoms with E-state index in [2.05, 4.69) is 0 Å². The van der Waals surface area contributed by atoms with Crippen LogP contribution >= 0.6 is 0 Å². The van der Waals surface area contributed by atoms with Crippen LogP contribution in [0.15, 0.2) is 48.5 Å². The largest absolute Gasteiger partial charge is 0.449 e. The minimum atomic E-state index is -0.870. The maximum absolute atomic E-state index is 12.6. The van der Waals surface area contributed by atoms with Crippen LogP contribution in [0, 0.1) is 0 Å². The Labute approximate surface area is 180 Å². The zero-order valence-electron chi connectivity index (χ0n) is 17.4. The van der Waals surface area contributed by atoms with E-state index in [1.54, 1.807) is 60.4 Å². The zero-order valence-corrected chi connectivity index (χ0v) is 17.4. The first-order valence-electron chi connectivity index (χ1n) is 10.5. The van der Waals surface area contributed by atoms with Crippen molar-refractivity contribution in [2.24, 2.45) is 0 Å². The molecule has 2 aromatic rings. The maximum atomic E-state index is 12.6. The molecule has 0 aliphatic carbocycles. The Balaban J connectivity index is 1.42. The van der Waals surface area contributed by atoms with Crippen LogP contribution in [-0.2, 0) is 16.1 Å². The average Bonchev–Trinajstić information content (AvgIpc) is 3.04. The number of fused-ring (bicyclic) bond motifs is 1. The highest BCUT2D eigenvalue weighted by Crippen LogP contribution is 2.24. The maximum Gasteiger partial charge on any atom is 0.338 e. The lowest BCUT2D eigenvalue weighted by molar-refractivity contribution is -0.140. The fourth-order valence-electron chi connectivity index (χ4n) is 4.01. The highest BCUT2D eigenvalue weighted by molar-refractivity contribution is 6.21. The van der Waals surface area contributed by atoms with E-state index in [9.17, 15) is 19.2 Å². The van der Waals surface area contributed by atoms with E-state index in [1.807, 2.05) is 0 Å². The van der Waals surface area contributed by atoms with Gasteiger partial charge in [0.2, 0.25) is 0 Å². The number of hydrogen-bond acceptors (Lipinski definition) is 5. The Morgan fingerprint density at radius 2 is 1.58 bits per heavy atom. The molecule has 0 aromatic heterocycles. The van der Waals surface area contributed by atoms with Gasteiger partial charge in [0.1, 0.15) is 0 Å². The Morgan fingerprint density at radius 3 is 2.23 bits per heavy atom. The van der Waals surface area contributed by atoms with Crippen molar-refractivity contribution in [3.05, 3.63) is 70.8 Å². The first kappa shape index (κ1) is 20.8. The molecule has 0 radical (unpaired) electrons. The number of amides is 3. The Kier molecular flexibility index (Phi) is 5.84. The van der Waals surface area contributed by atoms with Crippen LogP contribution < -0.4 is 0 Å². The number of carbonyl (C=O) groups excluding carboxylic acids is 4. The molecule has 0 spiro atoms. The number of benzene rings is 2. The molecule has 2 aliphatic rings. The molecule has 7 nitrogen and oxygen atoms in total. The topological polar surface area (TPSA) is 84.0 Å². The standard InChI is InChI=1S/C24H24N2O5/c1-16(21(27)25-12-5-2-6-13-25)31-24(30)18-9-7-8-17(14-18)15-26-22(28)19-10-3-4-11-20(19)23(26)29/h3-4,7-11,14,16H,2,5-6,12-13,15H2,1H3/t16-/m1/s1. The van der Waals surface area contributed by atoms with E-state index in [0.717, 1.165) is 24.2 Å². The number of esters is 1. The lowest BCUT2D eigenvalue weighted by Gasteiger charge is -2.28. The number of likely N-dealkylation sites (tertiary alicyclic amines) is 1. The van der Waals surface area contributed by atoms with Crippen molar-refractivity contribution in [2.45, 2.75) is 38.8 Å². The van der Waals surface area contributed by atoms with Crippen molar-refractivity contribution in [1.82, 2.24) is 9.80 Å². The van der Waals surface area contributed by atoms with Gasteiger partial charge in [0.25, 0.3) is 17.7 Å². The Morgan fingerprint density at radius 1 is 0.935 bits per heavy atom. The van der Waals surface area contributed by atoms with Gasteiger partial charge in [0.05, 0.1) is 23.2 Å². The van der Waals surface area contributed by atoms with Crippen molar-refractivity contribution in [1.29, 1.82) is 0 Å². The summed E-state index contributed by atoms with van der Waals surface area (Å²) in [6, 6.07) is 13.3. The van der Waals surface area contributed by atoms with Gasteiger partial charge in [-0.05, 0) is 56.0 Å². The van der Waals surface area contributed by atoms with Crippen molar-refractivity contribution in [2.75, 3.05) is 13.1 Å². The molecule has 1 atom stereocenters. The van der Waals surface area contributed by atoms with E-state index in [-0.39, 0.29) is 29.8 Å². The summed E-state index contributed by atoms with van der Waals surface area (Å²) < 4.78 is 5.39. The lowest BCUT2D eigenvalue weighted by atomic mass is 10.1. The average molecular weight is 420 g/mol. The van der Waals surface area contributed by atoms with Crippen LogP contribution in [0.4, 0.5) is 0 Å². The summed E-state index contributed by atoms with van der Waals surface area (Å²) in [5.74, 6) is -1.50. The number of nitrogens with zero attached hydrogens (tertiary/aromatic N) is 2. The first-order chi connectivity index (χ1) is 15.0. The number of imide groups is 1. The predicted octanol–water partition coefficient (Wildman–Crippen LogP) is 3.04. The zero-order chi connectivity index (χ0) is 22.0. The molecule has 0 bridgehead atoms. The molecule has 0 unspecified atom stereocenters. The Hall–Kier alpha value is -3.48. The molecule has 2 aromatic carbocycles. The summed E-state index contributed by atoms with van der Waals surface area (Å²) in [5, 5.41) is 0. The molecule has 160 valence electrons. The van der Waals surface area contributed by atoms with Gasteiger partial charge in [-0.15, -0.1) is 0 Å². The quantitative estimate of drug-likeness (QED) is 0.548. The second-order valence-electron chi connectivity index (χ2n) is 7.88. The monoisotopic (exact) mass is 420 g/mol. The smallest absolute Gasteiger partial charge is 0.338 e.